The molecule has 0 bridgehead atoms. The third-order valence-corrected chi connectivity index (χ3v) is 3.99. The Kier molecular flexibility index (Phi) is 5.61. The van der Waals surface area contributed by atoms with E-state index in [4.69, 9.17) is 11.5 Å². The molecule has 0 aliphatic heterocycles. The van der Waals surface area contributed by atoms with Crippen molar-refractivity contribution in [2.75, 3.05) is 5.73 Å². The van der Waals surface area contributed by atoms with Crippen LogP contribution < -0.4 is 11.5 Å². The summed E-state index contributed by atoms with van der Waals surface area (Å²) in [5.41, 5.74) is 5.36. The van der Waals surface area contributed by atoms with Gasteiger partial charge in [-0.05, 0) is 38.3 Å². The normalized spacial score (nSPS) is 13.9. The van der Waals surface area contributed by atoms with Crippen molar-refractivity contribution in [3.05, 3.63) is 41.2 Å². The second-order valence-electron chi connectivity index (χ2n) is 6.90. The third kappa shape index (κ3) is 4.47. The molecule has 0 aliphatic carbocycles. The minimum atomic E-state index is -5.33. The van der Waals surface area contributed by atoms with Crippen molar-refractivity contribution < 1.29 is 28.2 Å². The Labute approximate surface area is 164 Å². The van der Waals surface area contributed by atoms with Crippen LogP contribution >= 0.6 is 0 Å². The Morgan fingerprint density at radius 2 is 1.83 bits per heavy atom. The molecule has 2 rings (SSSR count). The van der Waals surface area contributed by atoms with Crippen LogP contribution in [0, 0.1) is 18.8 Å². The van der Waals surface area contributed by atoms with Crippen LogP contribution in [0.15, 0.2) is 24.4 Å². The van der Waals surface area contributed by atoms with E-state index in [0.717, 1.165) is 12.1 Å². The van der Waals surface area contributed by atoms with Gasteiger partial charge in [-0.15, -0.1) is 0 Å². The average molecular weight is 408 g/mol. The number of nitrogen functional groups attached to an aromatic ring is 1. The topological polar surface area (TPSA) is 135 Å². The second-order valence-corrected chi connectivity index (χ2v) is 6.90. The fourth-order valence-corrected chi connectivity index (χ4v) is 2.40. The molecule has 0 fully saturated rings. The largest absolute Gasteiger partial charge is 0.430 e. The molecule has 154 valence electrons. The van der Waals surface area contributed by atoms with Crippen LogP contribution in [0.4, 0.5) is 19.0 Å². The van der Waals surface area contributed by atoms with Crippen molar-refractivity contribution in [2.45, 2.75) is 38.1 Å². The van der Waals surface area contributed by atoms with Crippen molar-refractivity contribution in [2.24, 2.45) is 5.73 Å². The summed E-state index contributed by atoms with van der Waals surface area (Å²) >= 11 is 0. The van der Waals surface area contributed by atoms with Crippen LogP contribution in [0.1, 0.15) is 30.7 Å². The number of halogens is 3. The van der Waals surface area contributed by atoms with Crippen LogP contribution in [-0.2, 0) is 10.4 Å². The molecule has 2 aromatic rings. The highest BCUT2D eigenvalue weighted by molar-refractivity contribution is 5.86. The molecule has 0 aliphatic rings. The Balaban J connectivity index is 2.67. The molecule has 1 unspecified atom stereocenters. The lowest BCUT2D eigenvalue weighted by atomic mass is 9.89. The van der Waals surface area contributed by atoms with Gasteiger partial charge in [-0.25, -0.2) is 9.97 Å². The first-order valence-corrected chi connectivity index (χ1v) is 8.25. The summed E-state index contributed by atoms with van der Waals surface area (Å²) in [6.07, 6.45) is -4.12. The molecule has 1 amide bonds. The first-order valence-electron chi connectivity index (χ1n) is 8.25. The quantitative estimate of drug-likeness (QED) is 0.567. The fraction of sp³-hybridized carbons (Fsp3) is 0.316. The van der Waals surface area contributed by atoms with Gasteiger partial charge in [-0.2, -0.15) is 13.2 Å². The number of aryl methyl sites for hydroxylation is 1. The van der Waals surface area contributed by atoms with E-state index < -0.39 is 28.8 Å². The molecule has 6 N–H and O–H groups in total. The van der Waals surface area contributed by atoms with E-state index in [1.165, 1.54) is 26.1 Å². The molecule has 0 spiro atoms. The number of amides is 1. The molecule has 0 radical (unpaired) electrons. The molecule has 7 nitrogen and oxygen atoms in total. The minimum Gasteiger partial charge on any atom is -0.381 e. The smallest absolute Gasteiger partial charge is 0.381 e. The molecule has 1 aromatic carbocycles. The van der Waals surface area contributed by atoms with Gasteiger partial charge in [0.05, 0.1) is 11.9 Å². The third-order valence-electron chi connectivity index (χ3n) is 3.99. The van der Waals surface area contributed by atoms with Crippen LogP contribution in [0.5, 0.6) is 0 Å². The second kappa shape index (κ2) is 7.35. The van der Waals surface area contributed by atoms with Crippen molar-refractivity contribution in [3.8, 4) is 23.1 Å². The monoisotopic (exact) mass is 408 g/mol. The standard InChI is InChI=1S/C19H19F3N4O3/c1-10-4-5-11(18(29,16(24)27)19(20,21)22)8-12(10)14-9-25-15(23)13(26-14)6-7-17(2,3)28/h4-5,8-9,28-29H,1-3H3,(H2,23,25)(H2,24,27). The number of aliphatic hydroxyl groups is 2. The first-order chi connectivity index (χ1) is 13.2. The maximum Gasteiger partial charge on any atom is 0.430 e. The van der Waals surface area contributed by atoms with Gasteiger partial charge in [0.25, 0.3) is 11.5 Å². The van der Waals surface area contributed by atoms with Crippen molar-refractivity contribution in [3.63, 3.8) is 0 Å². The van der Waals surface area contributed by atoms with Crippen molar-refractivity contribution in [1.82, 2.24) is 9.97 Å². The Morgan fingerprint density at radius 1 is 1.21 bits per heavy atom. The molecule has 0 saturated heterocycles. The average Bonchev–Trinajstić information content (AvgIpc) is 2.59. The van der Waals surface area contributed by atoms with E-state index in [1.54, 1.807) is 6.92 Å². The number of anilines is 1. The number of benzene rings is 1. The maximum atomic E-state index is 13.4. The number of nitrogens with two attached hydrogens (primary N) is 2. The van der Waals surface area contributed by atoms with Gasteiger partial charge in [-0.3, -0.25) is 4.79 Å². The molecular weight excluding hydrogens is 389 g/mol. The predicted molar refractivity (Wildman–Crippen MR) is 98.9 cm³/mol. The SMILES string of the molecule is Cc1ccc(C(O)(C(N)=O)C(F)(F)F)cc1-c1cnc(N)c(C#CC(C)(C)O)n1. The number of primary amides is 1. The zero-order valence-electron chi connectivity index (χ0n) is 15.8. The molecule has 1 heterocycles. The number of rotatable bonds is 3. The fourth-order valence-electron chi connectivity index (χ4n) is 2.40. The van der Waals surface area contributed by atoms with Gasteiger partial charge in [0.15, 0.2) is 11.5 Å². The van der Waals surface area contributed by atoms with Gasteiger partial charge in [0.2, 0.25) is 0 Å². The van der Waals surface area contributed by atoms with Crippen molar-refractivity contribution in [1.29, 1.82) is 0 Å². The summed E-state index contributed by atoms with van der Waals surface area (Å²) in [5.74, 6) is 3.09. The highest BCUT2D eigenvalue weighted by Gasteiger charge is 2.60. The predicted octanol–water partition coefficient (Wildman–Crippen LogP) is 1.39. The van der Waals surface area contributed by atoms with E-state index in [9.17, 15) is 28.2 Å². The van der Waals surface area contributed by atoms with Gasteiger partial charge >= 0.3 is 6.18 Å². The Bertz CT molecular complexity index is 1020. The molecule has 1 aromatic heterocycles. The Morgan fingerprint density at radius 3 is 2.34 bits per heavy atom. The zero-order valence-corrected chi connectivity index (χ0v) is 15.8. The van der Waals surface area contributed by atoms with Crippen LogP contribution in [0.25, 0.3) is 11.3 Å². The number of carbonyl (C=O) groups excluding carboxylic acids is 1. The number of aromatic nitrogens is 2. The Hall–Kier alpha value is -3.16. The molecule has 10 heteroatoms. The number of alkyl halides is 3. The lowest BCUT2D eigenvalue weighted by molar-refractivity contribution is -0.255. The van der Waals surface area contributed by atoms with Crippen LogP contribution in [0.3, 0.4) is 0 Å². The summed E-state index contributed by atoms with van der Waals surface area (Å²) in [4.78, 5) is 19.6. The van der Waals surface area contributed by atoms with E-state index in [2.05, 4.69) is 21.8 Å². The highest BCUT2D eigenvalue weighted by Crippen LogP contribution is 2.40. The lowest BCUT2D eigenvalue weighted by Gasteiger charge is -2.28. The highest BCUT2D eigenvalue weighted by atomic mass is 19.4. The number of carbonyl (C=O) groups is 1. The molecular formula is C19H19F3N4O3. The number of nitrogens with zero attached hydrogens (tertiary/aromatic N) is 2. The van der Waals surface area contributed by atoms with Gasteiger partial charge < -0.3 is 21.7 Å². The first kappa shape index (κ1) is 22.1. The number of hydrogen-bond acceptors (Lipinski definition) is 6. The summed E-state index contributed by atoms with van der Waals surface area (Å²) in [5, 5.41) is 19.7. The molecule has 29 heavy (non-hydrogen) atoms. The van der Waals surface area contributed by atoms with Crippen LogP contribution in [-0.4, -0.2) is 37.9 Å². The van der Waals surface area contributed by atoms with Crippen molar-refractivity contribution >= 4 is 11.7 Å². The maximum absolute atomic E-state index is 13.4. The number of hydrogen-bond donors (Lipinski definition) is 4. The van der Waals surface area contributed by atoms with Gasteiger partial charge in [0, 0.05) is 11.1 Å². The van der Waals surface area contributed by atoms with Crippen LogP contribution in [0.2, 0.25) is 0 Å². The zero-order chi connectivity index (χ0) is 22.2. The minimum absolute atomic E-state index is 0.00964. The lowest BCUT2D eigenvalue weighted by Crippen LogP contribution is -2.52. The van der Waals surface area contributed by atoms with Gasteiger partial charge in [0.1, 0.15) is 5.60 Å². The van der Waals surface area contributed by atoms with E-state index >= 15 is 0 Å². The molecule has 1 atom stereocenters. The van der Waals surface area contributed by atoms with Gasteiger partial charge in [-0.1, -0.05) is 18.1 Å². The summed E-state index contributed by atoms with van der Waals surface area (Å²) in [6, 6.07) is 3.20. The summed E-state index contributed by atoms with van der Waals surface area (Å²) in [7, 11) is 0. The summed E-state index contributed by atoms with van der Waals surface area (Å²) in [6.45, 7) is 4.49. The van der Waals surface area contributed by atoms with E-state index in [1.807, 2.05) is 0 Å². The van der Waals surface area contributed by atoms with E-state index in [0.29, 0.717) is 5.56 Å². The van der Waals surface area contributed by atoms with E-state index in [-0.39, 0.29) is 22.8 Å². The summed E-state index contributed by atoms with van der Waals surface area (Å²) < 4.78 is 40.1. The molecule has 0 saturated carbocycles.